The van der Waals surface area contributed by atoms with Gasteiger partial charge in [-0.25, -0.2) is 0 Å². The lowest BCUT2D eigenvalue weighted by molar-refractivity contribution is -0.142. The Morgan fingerprint density at radius 2 is 2.00 bits per heavy atom. The van der Waals surface area contributed by atoms with E-state index in [9.17, 15) is 4.79 Å². The molecule has 0 spiro atoms. The van der Waals surface area contributed by atoms with Crippen molar-refractivity contribution in [3.05, 3.63) is 0 Å². The fraction of sp³-hybridized carbons (Fsp3) is 0.923. The fourth-order valence-electron chi connectivity index (χ4n) is 3.19. The Hall–Kier alpha value is -0.610. The molecule has 2 aliphatic heterocycles. The maximum Gasteiger partial charge on any atom is 0.307 e. The molecule has 98 valence electrons. The zero-order valence-corrected chi connectivity index (χ0v) is 11.1. The van der Waals surface area contributed by atoms with Crippen molar-refractivity contribution in [2.75, 3.05) is 14.2 Å². The molecule has 0 aromatic rings. The number of hydrogen-bond acceptors (Lipinski definition) is 4. The highest BCUT2D eigenvalue weighted by Crippen LogP contribution is 2.30. The highest BCUT2D eigenvalue weighted by atomic mass is 16.5. The van der Waals surface area contributed by atoms with Crippen molar-refractivity contribution in [2.24, 2.45) is 0 Å². The lowest BCUT2D eigenvalue weighted by Crippen LogP contribution is -2.49. The molecule has 3 unspecified atom stereocenters. The third-order valence-corrected chi connectivity index (χ3v) is 4.41. The molecule has 2 bridgehead atoms. The van der Waals surface area contributed by atoms with Gasteiger partial charge in [0.2, 0.25) is 0 Å². The van der Waals surface area contributed by atoms with Crippen LogP contribution in [0.3, 0.4) is 0 Å². The molecule has 0 radical (unpaired) electrons. The average Bonchev–Trinajstić information content (AvgIpc) is 2.66. The highest BCUT2D eigenvalue weighted by Gasteiger charge is 2.36. The van der Waals surface area contributed by atoms with Crippen molar-refractivity contribution in [3.63, 3.8) is 0 Å². The van der Waals surface area contributed by atoms with E-state index in [1.165, 1.54) is 32.8 Å². The minimum atomic E-state index is -0.110. The van der Waals surface area contributed by atoms with E-state index in [0.717, 1.165) is 0 Å². The van der Waals surface area contributed by atoms with Gasteiger partial charge in [0.05, 0.1) is 13.5 Å². The molecule has 17 heavy (non-hydrogen) atoms. The van der Waals surface area contributed by atoms with Crippen molar-refractivity contribution in [1.29, 1.82) is 0 Å². The van der Waals surface area contributed by atoms with Crippen LogP contribution in [-0.2, 0) is 9.53 Å². The Bertz CT molecular complexity index is 271. The molecule has 3 atom stereocenters. The first-order valence-electron chi connectivity index (χ1n) is 6.65. The number of nitrogens with zero attached hydrogens (tertiary/aromatic N) is 1. The van der Waals surface area contributed by atoms with Gasteiger partial charge in [-0.05, 0) is 39.7 Å². The molecule has 2 fully saturated rings. The summed E-state index contributed by atoms with van der Waals surface area (Å²) in [5, 5.41) is 3.65. The maximum atomic E-state index is 11.3. The first-order chi connectivity index (χ1) is 8.10. The Kier molecular flexibility index (Phi) is 4.05. The lowest BCUT2D eigenvalue weighted by Gasteiger charge is -2.38. The van der Waals surface area contributed by atoms with E-state index in [4.69, 9.17) is 4.74 Å². The van der Waals surface area contributed by atoms with Crippen LogP contribution in [0.1, 0.15) is 39.0 Å². The zero-order valence-electron chi connectivity index (χ0n) is 11.1. The number of ether oxygens (including phenoxy) is 1. The van der Waals surface area contributed by atoms with Gasteiger partial charge < -0.3 is 15.0 Å². The first-order valence-corrected chi connectivity index (χ1v) is 6.65. The number of rotatable bonds is 4. The molecule has 1 N–H and O–H groups in total. The SMILES string of the molecule is COC(=O)CC(C)N(C)C1CC2CCC(C1)N2. The summed E-state index contributed by atoms with van der Waals surface area (Å²) in [7, 11) is 3.60. The molecule has 0 aromatic carbocycles. The van der Waals surface area contributed by atoms with Gasteiger partial charge in [0.15, 0.2) is 0 Å². The summed E-state index contributed by atoms with van der Waals surface area (Å²) in [5.74, 6) is -0.110. The minimum Gasteiger partial charge on any atom is -0.469 e. The number of nitrogens with one attached hydrogen (secondary N) is 1. The number of fused-ring (bicyclic) bond motifs is 2. The third kappa shape index (κ3) is 2.99. The summed E-state index contributed by atoms with van der Waals surface area (Å²) in [4.78, 5) is 13.7. The molecular weight excluding hydrogens is 216 g/mol. The van der Waals surface area contributed by atoms with Crippen LogP contribution in [0, 0.1) is 0 Å². The number of carbonyl (C=O) groups excluding carboxylic acids is 1. The van der Waals surface area contributed by atoms with Crippen molar-refractivity contribution in [2.45, 2.75) is 63.2 Å². The molecule has 0 aromatic heterocycles. The van der Waals surface area contributed by atoms with Crippen LogP contribution in [0.15, 0.2) is 0 Å². The normalized spacial score (nSPS) is 33.8. The summed E-state index contributed by atoms with van der Waals surface area (Å²) >= 11 is 0. The summed E-state index contributed by atoms with van der Waals surface area (Å²) in [5.41, 5.74) is 0. The second-order valence-electron chi connectivity index (χ2n) is 5.56. The largest absolute Gasteiger partial charge is 0.469 e. The highest BCUT2D eigenvalue weighted by molar-refractivity contribution is 5.69. The van der Waals surface area contributed by atoms with Crippen molar-refractivity contribution in [3.8, 4) is 0 Å². The van der Waals surface area contributed by atoms with Crippen LogP contribution in [0.4, 0.5) is 0 Å². The molecule has 4 heteroatoms. The van der Waals surface area contributed by atoms with Crippen LogP contribution in [0.5, 0.6) is 0 Å². The smallest absolute Gasteiger partial charge is 0.307 e. The van der Waals surface area contributed by atoms with Gasteiger partial charge >= 0.3 is 5.97 Å². The minimum absolute atomic E-state index is 0.110. The quantitative estimate of drug-likeness (QED) is 0.749. The molecule has 2 aliphatic rings. The molecule has 2 heterocycles. The van der Waals surface area contributed by atoms with Crippen LogP contribution in [0.2, 0.25) is 0 Å². The van der Waals surface area contributed by atoms with Crippen molar-refractivity contribution < 1.29 is 9.53 Å². The van der Waals surface area contributed by atoms with Crippen molar-refractivity contribution in [1.82, 2.24) is 10.2 Å². The Morgan fingerprint density at radius 1 is 1.41 bits per heavy atom. The van der Waals surface area contributed by atoms with Crippen LogP contribution in [0.25, 0.3) is 0 Å². The van der Waals surface area contributed by atoms with Gasteiger partial charge in [0.1, 0.15) is 0 Å². The first kappa shape index (κ1) is 12.8. The van der Waals surface area contributed by atoms with Crippen LogP contribution in [-0.4, -0.2) is 49.2 Å². The number of hydrogen-bond donors (Lipinski definition) is 1. The van der Waals surface area contributed by atoms with E-state index in [2.05, 4.69) is 24.2 Å². The van der Waals surface area contributed by atoms with Gasteiger partial charge in [-0.3, -0.25) is 4.79 Å². The van der Waals surface area contributed by atoms with E-state index < -0.39 is 0 Å². The summed E-state index contributed by atoms with van der Waals surface area (Å²) in [6, 6.07) is 2.29. The Labute approximate surface area is 104 Å². The predicted octanol–water partition coefficient (Wildman–Crippen LogP) is 1.15. The lowest BCUT2D eigenvalue weighted by atomic mass is 9.97. The molecule has 0 amide bonds. The van der Waals surface area contributed by atoms with E-state index in [1.807, 2.05) is 0 Å². The van der Waals surface area contributed by atoms with Gasteiger partial charge in [-0.15, -0.1) is 0 Å². The predicted molar refractivity (Wildman–Crippen MR) is 66.8 cm³/mol. The second kappa shape index (κ2) is 5.36. The zero-order chi connectivity index (χ0) is 12.4. The third-order valence-electron chi connectivity index (χ3n) is 4.41. The molecular formula is C13H24N2O2. The standard InChI is InChI=1S/C13H24N2O2/c1-9(6-13(16)17-3)15(2)12-7-10-4-5-11(8-12)14-10/h9-12,14H,4-8H2,1-3H3. The van der Waals surface area contributed by atoms with Crippen LogP contribution < -0.4 is 5.32 Å². The van der Waals surface area contributed by atoms with Crippen molar-refractivity contribution >= 4 is 5.97 Å². The topological polar surface area (TPSA) is 41.6 Å². The molecule has 0 aliphatic carbocycles. The van der Waals surface area contributed by atoms with E-state index in [0.29, 0.717) is 24.5 Å². The fourth-order valence-corrected chi connectivity index (χ4v) is 3.19. The summed E-state index contributed by atoms with van der Waals surface area (Å²) in [6.07, 6.45) is 5.57. The van der Waals surface area contributed by atoms with Gasteiger partial charge in [0.25, 0.3) is 0 Å². The number of methoxy groups -OCH3 is 1. The Morgan fingerprint density at radius 3 is 2.53 bits per heavy atom. The van der Waals surface area contributed by atoms with E-state index in [-0.39, 0.29) is 12.0 Å². The Balaban J connectivity index is 1.86. The van der Waals surface area contributed by atoms with E-state index in [1.54, 1.807) is 0 Å². The number of carbonyl (C=O) groups is 1. The van der Waals surface area contributed by atoms with Gasteiger partial charge in [-0.1, -0.05) is 0 Å². The molecule has 0 saturated carbocycles. The summed E-state index contributed by atoms with van der Waals surface area (Å²) < 4.78 is 4.74. The molecule has 2 saturated heterocycles. The number of piperidine rings is 1. The van der Waals surface area contributed by atoms with Crippen LogP contribution >= 0.6 is 0 Å². The molecule has 4 nitrogen and oxygen atoms in total. The van der Waals surface area contributed by atoms with E-state index >= 15 is 0 Å². The van der Waals surface area contributed by atoms with Gasteiger partial charge in [-0.2, -0.15) is 0 Å². The van der Waals surface area contributed by atoms with Gasteiger partial charge in [0, 0.05) is 24.2 Å². The maximum absolute atomic E-state index is 11.3. The molecule has 2 rings (SSSR count). The number of esters is 1. The monoisotopic (exact) mass is 240 g/mol. The summed E-state index contributed by atoms with van der Waals surface area (Å²) in [6.45, 7) is 2.11. The average molecular weight is 240 g/mol. The second-order valence-corrected chi connectivity index (χ2v) is 5.56.